The molecule has 1 rings (SSSR count). The molecule has 1 unspecified atom stereocenters. The Morgan fingerprint density at radius 1 is 1.25 bits per heavy atom. The molecule has 0 radical (unpaired) electrons. The second-order valence-corrected chi connectivity index (χ2v) is 6.23. The smallest absolute Gasteiger partial charge is 0.345 e. The number of ether oxygens (including phenoxy) is 2. The number of methoxy groups -OCH3 is 1. The highest BCUT2D eigenvalue weighted by atomic mass is 16.5. The van der Waals surface area contributed by atoms with Gasteiger partial charge in [-0.2, -0.15) is 0 Å². The third-order valence-electron chi connectivity index (χ3n) is 3.10. The van der Waals surface area contributed by atoms with Gasteiger partial charge < -0.3 is 14.6 Å². The topological polar surface area (TPSA) is 55.8 Å². The zero-order valence-electron chi connectivity index (χ0n) is 13.1. The van der Waals surface area contributed by atoms with Crippen molar-refractivity contribution in [2.24, 2.45) is 5.92 Å². The van der Waals surface area contributed by atoms with Crippen LogP contribution in [0, 0.1) is 5.92 Å². The molecule has 0 aliphatic heterocycles. The first-order valence-corrected chi connectivity index (χ1v) is 6.74. The Morgan fingerprint density at radius 3 is 2.25 bits per heavy atom. The Bertz CT molecular complexity index is 472. The minimum absolute atomic E-state index is 0.109. The Labute approximate surface area is 120 Å². The van der Waals surface area contributed by atoms with E-state index in [0.717, 1.165) is 11.3 Å². The summed E-state index contributed by atoms with van der Waals surface area (Å²) in [7, 11) is 1.61. The summed E-state index contributed by atoms with van der Waals surface area (Å²) in [6, 6.07) is 5.45. The molecule has 0 heterocycles. The van der Waals surface area contributed by atoms with Gasteiger partial charge in [0.25, 0.3) is 0 Å². The molecule has 4 nitrogen and oxygen atoms in total. The van der Waals surface area contributed by atoms with E-state index in [4.69, 9.17) is 9.47 Å². The average molecular weight is 280 g/mol. The van der Waals surface area contributed by atoms with Crippen LogP contribution in [0.5, 0.6) is 11.5 Å². The molecular formula is C16H24O4. The van der Waals surface area contributed by atoms with Crippen LogP contribution in [0.25, 0.3) is 0 Å². The average Bonchev–Trinajstić information content (AvgIpc) is 2.33. The molecule has 4 heteroatoms. The van der Waals surface area contributed by atoms with Crippen molar-refractivity contribution in [1.82, 2.24) is 0 Å². The van der Waals surface area contributed by atoms with Crippen LogP contribution in [-0.2, 0) is 10.2 Å². The highest BCUT2D eigenvalue weighted by molar-refractivity contribution is 5.73. The summed E-state index contributed by atoms with van der Waals surface area (Å²) in [5.74, 6) is 0.274. The number of carboxylic acids is 1. The van der Waals surface area contributed by atoms with E-state index in [1.807, 2.05) is 19.9 Å². The van der Waals surface area contributed by atoms with Crippen LogP contribution < -0.4 is 9.47 Å². The molecule has 0 aliphatic rings. The molecule has 0 fully saturated rings. The van der Waals surface area contributed by atoms with Crippen LogP contribution >= 0.6 is 0 Å². The summed E-state index contributed by atoms with van der Waals surface area (Å²) in [6.07, 6.45) is -0.857. The van der Waals surface area contributed by atoms with Crippen LogP contribution in [-0.4, -0.2) is 24.3 Å². The molecular weight excluding hydrogens is 256 g/mol. The lowest BCUT2D eigenvalue weighted by molar-refractivity contribution is -0.147. The number of benzene rings is 1. The van der Waals surface area contributed by atoms with Gasteiger partial charge in [0.1, 0.15) is 11.5 Å². The van der Waals surface area contributed by atoms with Gasteiger partial charge in [0.2, 0.25) is 0 Å². The third-order valence-corrected chi connectivity index (χ3v) is 3.10. The largest absolute Gasteiger partial charge is 0.497 e. The Morgan fingerprint density at radius 2 is 1.85 bits per heavy atom. The van der Waals surface area contributed by atoms with E-state index >= 15 is 0 Å². The fraction of sp³-hybridized carbons (Fsp3) is 0.562. The van der Waals surface area contributed by atoms with Gasteiger partial charge in [0.15, 0.2) is 6.10 Å². The lowest BCUT2D eigenvalue weighted by atomic mass is 9.86. The van der Waals surface area contributed by atoms with E-state index in [0.29, 0.717) is 5.75 Å². The standard InChI is InChI=1S/C16H24O4/c1-10(2)14(15(17)18)20-13-8-7-11(19-6)9-12(13)16(3,4)5/h7-10,14H,1-6H3,(H,17,18). The first-order valence-electron chi connectivity index (χ1n) is 6.74. The van der Waals surface area contributed by atoms with Crippen LogP contribution in [0.4, 0.5) is 0 Å². The summed E-state index contributed by atoms with van der Waals surface area (Å²) >= 11 is 0. The zero-order chi connectivity index (χ0) is 15.5. The molecule has 0 saturated carbocycles. The summed E-state index contributed by atoms with van der Waals surface area (Å²) in [5, 5.41) is 9.25. The van der Waals surface area contributed by atoms with Gasteiger partial charge in [-0.3, -0.25) is 0 Å². The van der Waals surface area contributed by atoms with Crippen molar-refractivity contribution < 1.29 is 19.4 Å². The van der Waals surface area contributed by atoms with Crippen LogP contribution in [0.3, 0.4) is 0 Å². The molecule has 0 amide bonds. The highest BCUT2D eigenvalue weighted by Crippen LogP contribution is 2.35. The van der Waals surface area contributed by atoms with Crippen molar-refractivity contribution in [3.05, 3.63) is 23.8 Å². The van der Waals surface area contributed by atoms with Gasteiger partial charge in [-0.25, -0.2) is 4.79 Å². The lowest BCUT2D eigenvalue weighted by Gasteiger charge is -2.26. The van der Waals surface area contributed by atoms with Crippen molar-refractivity contribution in [3.8, 4) is 11.5 Å². The summed E-state index contributed by atoms with van der Waals surface area (Å²) in [4.78, 5) is 11.3. The predicted molar refractivity (Wildman–Crippen MR) is 78.6 cm³/mol. The predicted octanol–water partition coefficient (Wildman–Crippen LogP) is 3.48. The fourth-order valence-electron chi connectivity index (χ4n) is 1.93. The molecule has 1 aromatic carbocycles. The molecule has 20 heavy (non-hydrogen) atoms. The molecule has 1 N–H and O–H groups in total. The second-order valence-electron chi connectivity index (χ2n) is 6.23. The Balaban J connectivity index is 3.20. The molecule has 0 aromatic heterocycles. The first-order chi connectivity index (χ1) is 9.16. The Kier molecular flexibility index (Phi) is 5.03. The normalized spacial score (nSPS) is 13.2. The van der Waals surface area contributed by atoms with E-state index in [2.05, 4.69) is 20.8 Å². The number of hydrogen-bond acceptors (Lipinski definition) is 3. The van der Waals surface area contributed by atoms with Gasteiger partial charge in [0.05, 0.1) is 7.11 Å². The van der Waals surface area contributed by atoms with E-state index in [1.165, 1.54) is 0 Å². The van der Waals surface area contributed by atoms with Crippen molar-refractivity contribution in [2.75, 3.05) is 7.11 Å². The van der Waals surface area contributed by atoms with Crippen LogP contribution in [0.1, 0.15) is 40.2 Å². The second kappa shape index (κ2) is 6.16. The molecule has 0 bridgehead atoms. The van der Waals surface area contributed by atoms with Crippen LogP contribution in [0.15, 0.2) is 18.2 Å². The maximum absolute atomic E-state index is 11.3. The number of carboxylic acid groups (broad SMARTS) is 1. The molecule has 112 valence electrons. The number of rotatable bonds is 5. The van der Waals surface area contributed by atoms with E-state index in [-0.39, 0.29) is 11.3 Å². The number of aliphatic carboxylic acids is 1. The maximum atomic E-state index is 11.3. The third kappa shape index (κ3) is 3.89. The minimum atomic E-state index is -0.948. The zero-order valence-corrected chi connectivity index (χ0v) is 13.1. The summed E-state index contributed by atoms with van der Waals surface area (Å²) < 4.78 is 11.0. The monoisotopic (exact) mass is 280 g/mol. The van der Waals surface area contributed by atoms with Gasteiger partial charge in [-0.1, -0.05) is 34.6 Å². The van der Waals surface area contributed by atoms with Crippen molar-refractivity contribution in [1.29, 1.82) is 0 Å². The van der Waals surface area contributed by atoms with E-state index < -0.39 is 12.1 Å². The van der Waals surface area contributed by atoms with Crippen molar-refractivity contribution >= 4 is 5.97 Å². The number of hydrogen-bond donors (Lipinski definition) is 1. The Hall–Kier alpha value is -1.71. The number of carbonyl (C=O) groups is 1. The van der Waals surface area contributed by atoms with Gasteiger partial charge >= 0.3 is 5.97 Å². The molecule has 1 atom stereocenters. The van der Waals surface area contributed by atoms with Crippen molar-refractivity contribution in [3.63, 3.8) is 0 Å². The van der Waals surface area contributed by atoms with Crippen LogP contribution in [0.2, 0.25) is 0 Å². The molecule has 1 aromatic rings. The molecule has 0 spiro atoms. The first kappa shape index (κ1) is 16.3. The van der Waals surface area contributed by atoms with Gasteiger partial charge in [-0.05, 0) is 23.6 Å². The van der Waals surface area contributed by atoms with Gasteiger partial charge in [0, 0.05) is 11.5 Å². The summed E-state index contributed by atoms with van der Waals surface area (Å²) in [5.41, 5.74) is 0.771. The SMILES string of the molecule is COc1ccc(OC(C(=O)O)C(C)C)c(C(C)(C)C)c1. The molecule has 0 aliphatic carbocycles. The molecule has 0 saturated heterocycles. The quantitative estimate of drug-likeness (QED) is 0.897. The maximum Gasteiger partial charge on any atom is 0.345 e. The van der Waals surface area contributed by atoms with Crippen molar-refractivity contribution in [2.45, 2.75) is 46.1 Å². The van der Waals surface area contributed by atoms with E-state index in [1.54, 1.807) is 19.2 Å². The lowest BCUT2D eigenvalue weighted by Crippen LogP contribution is -2.33. The fourth-order valence-corrected chi connectivity index (χ4v) is 1.93. The van der Waals surface area contributed by atoms with E-state index in [9.17, 15) is 9.90 Å². The summed E-state index contributed by atoms with van der Waals surface area (Å²) in [6.45, 7) is 9.83. The highest BCUT2D eigenvalue weighted by Gasteiger charge is 2.27. The minimum Gasteiger partial charge on any atom is -0.497 e. The van der Waals surface area contributed by atoms with Gasteiger partial charge in [-0.15, -0.1) is 0 Å².